The zero-order chi connectivity index (χ0) is 14.2. The van der Waals surface area contributed by atoms with Gasteiger partial charge in [0.1, 0.15) is 0 Å². The summed E-state index contributed by atoms with van der Waals surface area (Å²) < 4.78 is 5.41. The highest BCUT2D eigenvalue weighted by Gasteiger charge is 2.15. The molecule has 0 amide bonds. The van der Waals surface area contributed by atoms with Crippen molar-refractivity contribution in [2.45, 2.75) is 13.3 Å². The van der Waals surface area contributed by atoms with Crippen molar-refractivity contribution in [2.24, 2.45) is 0 Å². The first-order valence-corrected chi connectivity index (χ1v) is 6.93. The largest absolute Gasteiger partial charge is 0.384 e. The van der Waals surface area contributed by atoms with Crippen molar-refractivity contribution in [1.29, 1.82) is 0 Å². The Labute approximate surface area is 122 Å². The Hall–Kier alpha value is -2.69. The van der Waals surface area contributed by atoms with Crippen molar-refractivity contribution in [3.63, 3.8) is 0 Å². The quantitative estimate of drug-likeness (QED) is 0.780. The zero-order valence-corrected chi connectivity index (χ0v) is 11.6. The van der Waals surface area contributed by atoms with Gasteiger partial charge in [-0.3, -0.25) is 4.98 Å². The van der Waals surface area contributed by atoms with E-state index >= 15 is 0 Å². The standard InChI is InChI=1S/C16H14N4O/c1-10-9-17-6-5-13(10)15-19-16(21-20-15)12-3-2-11-4-7-18-14(11)8-12/h2-3,5-6,8-9,18H,4,7H2,1H3. The van der Waals surface area contributed by atoms with Crippen LogP contribution >= 0.6 is 0 Å². The second kappa shape index (κ2) is 4.70. The van der Waals surface area contributed by atoms with Crippen LogP contribution in [0.2, 0.25) is 0 Å². The Morgan fingerprint density at radius 3 is 3.10 bits per heavy atom. The second-order valence-corrected chi connectivity index (χ2v) is 5.16. The highest BCUT2D eigenvalue weighted by atomic mass is 16.5. The van der Waals surface area contributed by atoms with Crippen molar-refractivity contribution < 1.29 is 4.52 Å². The molecule has 0 aliphatic carbocycles. The van der Waals surface area contributed by atoms with Gasteiger partial charge in [0.05, 0.1) is 0 Å². The monoisotopic (exact) mass is 278 g/mol. The van der Waals surface area contributed by atoms with Gasteiger partial charge in [0.25, 0.3) is 5.89 Å². The number of aryl methyl sites for hydroxylation is 1. The Kier molecular flexibility index (Phi) is 2.70. The number of nitrogens with zero attached hydrogens (tertiary/aromatic N) is 3. The van der Waals surface area contributed by atoms with Gasteiger partial charge >= 0.3 is 0 Å². The van der Waals surface area contributed by atoms with E-state index in [-0.39, 0.29) is 0 Å². The first-order chi connectivity index (χ1) is 10.3. The summed E-state index contributed by atoms with van der Waals surface area (Å²) in [6.45, 7) is 2.97. The zero-order valence-electron chi connectivity index (χ0n) is 11.6. The molecule has 0 radical (unpaired) electrons. The maximum atomic E-state index is 5.41. The van der Waals surface area contributed by atoms with E-state index < -0.39 is 0 Å². The number of fused-ring (bicyclic) bond motifs is 1. The fraction of sp³-hybridized carbons (Fsp3) is 0.188. The summed E-state index contributed by atoms with van der Waals surface area (Å²) in [7, 11) is 0. The van der Waals surface area contributed by atoms with Crippen molar-refractivity contribution in [3.05, 3.63) is 47.8 Å². The molecule has 3 aromatic rings. The summed E-state index contributed by atoms with van der Waals surface area (Å²) in [5.74, 6) is 1.14. The maximum Gasteiger partial charge on any atom is 0.258 e. The number of pyridine rings is 1. The highest BCUT2D eigenvalue weighted by molar-refractivity contribution is 5.68. The number of hydrogen-bond acceptors (Lipinski definition) is 5. The van der Waals surface area contributed by atoms with E-state index in [4.69, 9.17) is 4.52 Å². The fourth-order valence-corrected chi connectivity index (χ4v) is 2.60. The van der Waals surface area contributed by atoms with Gasteiger partial charge in [-0.2, -0.15) is 4.98 Å². The van der Waals surface area contributed by atoms with Crippen LogP contribution in [0.3, 0.4) is 0 Å². The number of rotatable bonds is 2. The molecule has 0 saturated carbocycles. The van der Waals surface area contributed by atoms with Gasteiger partial charge in [-0.15, -0.1) is 0 Å². The van der Waals surface area contributed by atoms with Crippen molar-refractivity contribution >= 4 is 5.69 Å². The molecule has 1 aliphatic rings. The van der Waals surface area contributed by atoms with Gasteiger partial charge in [0.15, 0.2) is 0 Å². The van der Waals surface area contributed by atoms with Crippen molar-refractivity contribution in [3.8, 4) is 22.8 Å². The first-order valence-electron chi connectivity index (χ1n) is 6.93. The highest BCUT2D eigenvalue weighted by Crippen LogP contribution is 2.29. The summed E-state index contributed by atoms with van der Waals surface area (Å²) in [4.78, 5) is 8.58. The number of aromatic nitrogens is 3. The summed E-state index contributed by atoms with van der Waals surface area (Å²) in [5, 5.41) is 7.44. The molecule has 4 rings (SSSR count). The normalized spacial score (nSPS) is 13.0. The van der Waals surface area contributed by atoms with Crippen LogP contribution in [0.15, 0.2) is 41.2 Å². The van der Waals surface area contributed by atoms with E-state index in [1.54, 1.807) is 12.4 Å². The van der Waals surface area contributed by atoms with Crippen LogP contribution in [0.4, 0.5) is 5.69 Å². The lowest BCUT2D eigenvalue weighted by molar-refractivity contribution is 0.432. The van der Waals surface area contributed by atoms with Gasteiger partial charge in [0.2, 0.25) is 5.82 Å². The van der Waals surface area contributed by atoms with Crippen LogP contribution in [0.1, 0.15) is 11.1 Å². The van der Waals surface area contributed by atoms with Gasteiger partial charge in [-0.25, -0.2) is 0 Å². The molecule has 5 heteroatoms. The Bertz CT molecular complexity index is 810. The lowest BCUT2D eigenvalue weighted by Gasteiger charge is -2.01. The molecule has 0 atom stereocenters. The van der Waals surface area contributed by atoms with Gasteiger partial charge in [0, 0.05) is 35.8 Å². The molecule has 0 fully saturated rings. The smallest absolute Gasteiger partial charge is 0.258 e. The Morgan fingerprint density at radius 1 is 1.24 bits per heavy atom. The molecule has 0 unspecified atom stereocenters. The molecule has 1 aliphatic heterocycles. The molecule has 21 heavy (non-hydrogen) atoms. The van der Waals surface area contributed by atoms with E-state index in [9.17, 15) is 0 Å². The van der Waals surface area contributed by atoms with E-state index in [0.29, 0.717) is 11.7 Å². The average molecular weight is 278 g/mol. The molecule has 0 spiro atoms. The van der Waals surface area contributed by atoms with E-state index in [2.05, 4.69) is 32.6 Å². The van der Waals surface area contributed by atoms with Crippen LogP contribution in [-0.4, -0.2) is 21.7 Å². The number of hydrogen-bond donors (Lipinski definition) is 1. The molecule has 0 saturated heterocycles. The van der Waals surface area contributed by atoms with E-state index in [0.717, 1.165) is 35.3 Å². The molecular weight excluding hydrogens is 264 g/mol. The predicted octanol–water partition coefficient (Wildman–Crippen LogP) is 3.08. The third-order valence-corrected chi connectivity index (χ3v) is 3.75. The summed E-state index contributed by atoms with van der Waals surface area (Å²) in [6, 6.07) is 8.11. The SMILES string of the molecule is Cc1cnccc1-c1noc(-c2ccc3c(c2)NCC3)n1. The molecule has 5 nitrogen and oxygen atoms in total. The van der Waals surface area contributed by atoms with Crippen molar-refractivity contribution in [1.82, 2.24) is 15.1 Å². The average Bonchev–Trinajstić information content (AvgIpc) is 3.16. The first kappa shape index (κ1) is 12.1. The lowest BCUT2D eigenvalue weighted by Crippen LogP contribution is -1.91. The van der Waals surface area contributed by atoms with Gasteiger partial charge in [-0.05, 0) is 42.7 Å². The van der Waals surface area contributed by atoms with Crippen LogP contribution in [0.5, 0.6) is 0 Å². The topological polar surface area (TPSA) is 63.8 Å². The minimum atomic E-state index is 0.540. The summed E-state index contributed by atoms with van der Waals surface area (Å²) in [6.07, 6.45) is 4.60. The molecule has 104 valence electrons. The predicted molar refractivity (Wildman–Crippen MR) is 79.9 cm³/mol. The van der Waals surface area contributed by atoms with Gasteiger partial charge < -0.3 is 9.84 Å². The van der Waals surface area contributed by atoms with Crippen LogP contribution < -0.4 is 5.32 Å². The van der Waals surface area contributed by atoms with Crippen LogP contribution in [0, 0.1) is 6.92 Å². The second-order valence-electron chi connectivity index (χ2n) is 5.16. The molecular formula is C16H14N4O. The molecule has 1 aromatic carbocycles. The minimum absolute atomic E-state index is 0.540. The maximum absolute atomic E-state index is 5.41. The number of anilines is 1. The molecule has 3 heterocycles. The summed E-state index contributed by atoms with van der Waals surface area (Å²) >= 11 is 0. The van der Waals surface area contributed by atoms with Crippen molar-refractivity contribution in [2.75, 3.05) is 11.9 Å². The fourth-order valence-electron chi connectivity index (χ4n) is 2.60. The molecule has 0 bridgehead atoms. The third-order valence-electron chi connectivity index (χ3n) is 3.75. The van der Waals surface area contributed by atoms with E-state index in [1.165, 1.54) is 5.56 Å². The molecule has 1 N–H and O–H groups in total. The van der Waals surface area contributed by atoms with E-state index in [1.807, 2.05) is 19.1 Å². The Balaban J connectivity index is 1.73. The number of nitrogens with one attached hydrogen (secondary N) is 1. The van der Waals surface area contributed by atoms with Gasteiger partial charge in [-0.1, -0.05) is 11.2 Å². The summed E-state index contributed by atoms with van der Waals surface area (Å²) in [5.41, 5.74) is 5.41. The lowest BCUT2D eigenvalue weighted by atomic mass is 10.1. The van der Waals surface area contributed by atoms with Crippen LogP contribution in [-0.2, 0) is 6.42 Å². The molecule has 2 aromatic heterocycles. The van der Waals surface area contributed by atoms with Crippen LogP contribution in [0.25, 0.3) is 22.8 Å². The Morgan fingerprint density at radius 2 is 2.19 bits per heavy atom. The minimum Gasteiger partial charge on any atom is -0.384 e. The third kappa shape index (κ3) is 2.07. The number of benzene rings is 1.